The molecule has 1 aromatic heterocycles. The first-order valence-corrected chi connectivity index (χ1v) is 11.5. The number of halogens is 1. The number of nitrogens with one attached hydrogen (secondary N) is 2. The first kappa shape index (κ1) is 22.5. The van der Waals surface area contributed by atoms with Gasteiger partial charge in [-0.25, -0.2) is 9.38 Å². The molecule has 0 bridgehead atoms. The Kier molecular flexibility index (Phi) is 7.24. The average Bonchev–Trinajstić information content (AvgIpc) is 3.41. The van der Waals surface area contributed by atoms with Gasteiger partial charge < -0.3 is 24.8 Å². The van der Waals surface area contributed by atoms with Crippen molar-refractivity contribution in [2.75, 3.05) is 31.1 Å². The van der Waals surface area contributed by atoms with Crippen LogP contribution in [0.4, 0.5) is 10.1 Å². The summed E-state index contributed by atoms with van der Waals surface area (Å²) in [5, 5.41) is 15.4. The molecule has 1 aromatic carbocycles. The van der Waals surface area contributed by atoms with Crippen molar-refractivity contribution in [3.63, 3.8) is 0 Å². The minimum atomic E-state index is -0.190. The molecule has 2 atom stereocenters. The molecule has 3 heterocycles. The number of rotatable bonds is 6. The minimum Gasteiger partial charge on any atom is -0.376 e. The summed E-state index contributed by atoms with van der Waals surface area (Å²) in [6.07, 6.45) is 4.53. The van der Waals surface area contributed by atoms with Gasteiger partial charge >= 0.3 is 0 Å². The Bertz CT molecular complexity index is 938. The number of aryl methyl sites for hydroxylation is 2. The number of anilines is 1. The molecule has 2 fully saturated rings. The maximum Gasteiger partial charge on any atom is 0.192 e. The zero-order valence-electron chi connectivity index (χ0n) is 19.3. The molecule has 0 amide bonds. The molecule has 0 saturated carbocycles. The smallest absolute Gasteiger partial charge is 0.192 e. The molecule has 2 unspecified atom stereocenters. The van der Waals surface area contributed by atoms with E-state index < -0.39 is 0 Å². The van der Waals surface area contributed by atoms with Crippen LogP contribution in [0.2, 0.25) is 0 Å². The number of aromatic nitrogens is 3. The molecule has 8 nitrogen and oxygen atoms in total. The molecule has 2 saturated heterocycles. The van der Waals surface area contributed by atoms with Crippen molar-refractivity contribution in [1.29, 1.82) is 0 Å². The van der Waals surface area contributed by atoms with Crippen LogP contribution in [0, 0.1) is 19.7 Å². The van der Waals surface area contributed by atoms with Gasteiger partial charge in [0, 0.05) is 45.0 Å². The van der Waals surface area contributed by atoms with Crippen molar-refractivity contribution < 1.29 is 9.13 Å². The van der Waals surface area contributed by atoms with Crippen LogP contribution in [0.5, 0.6) is 0 Å². The molecule has 32 heavy (non-hydrogen) atoms. The standard InChI is InChI=1S/C23H34FN7O/c1-16-12-18(24)8-9-21(16)31-10-4-6-19(15-31)27-23(25-13-20-7-5-11-32-20)26-14-22-29-28-17(2)30(22)3/h8-9,12,19-20H,4-7,10-11,13-15H2,1-3H3,(H2,25,26,27). The van der Waals surface area contributed by atoms with Crippen molar-refractivity contribution in [2.45, 2.75) is 58.2 Å². The molecule has 4 rings (SSSR count). The third-order valence-electron chi connectivity index (χ3n) is 6.34. The molecular formula is C23H34FN7O. The summed E-state index contributed by atoms with van der Waals surface area (Å²) in [7, 11) is 1.96. The van der Waals surface area contributed by atoms with E-state index in [-0.39, 0.29) is 18.0 Å². The van der Waals surface area contributed by atoms with Gasteiger partial charge in [0.25, 0.3) is 0 Å². The van der Waals surface area contributed by atoms with E-state index in [1.54, 1.807) is 6.07 Å². The first-order chi connectivity index (χ1) is 15.5. The fourth-order valence-corrected chi connectivity index (χ4v) is 4.39. The maximum absolute atomic E-state index is 13.6. The van der Waals surface area contributed by atoms with E-state index in [0.29, 0.717) is 6.54 Å². The highest BCUT2D eigenvalue weighted by Crippen LogP contribution is 2.24. The van der Waals surface area contributed by atoms with Gasteiger partial charge in [0.1, 0.15) is 18.2 Å². The lowest BCUT2D eigenvalue weighted by atomic mass is 10.0. The van der Waals surface area contributed by atoms with E-state index in [9.17, 15) is 4.39 Å². The molecule has 9 heteroatoms. The summed E-state index contributed by atoms with van der Waals surface area (Å²) >= 11 is 0. The van der Waals surface area contributed by atoms with Crippen LogP contribution in [-0.4, -0.2) is 59.1 Å². The second-order valence-corrected chi connectivity index (χ2v) is 8.76. The molecule has 2 aliphatic heterocycles. The van der Waals surface area contributed by atoms with Crippen molar-refractivity contribution in [2.24, 2.45) is 12.0 Å². The number of hydrogen-bond acceptors (Lipinski definition) is 5. The summed E-state index contributed by atoms with van der Waals surface area (Å²) in [5.74, 6) is 2.27. The van der Waals surface area contributed by atoms with Gasteiger partial charge in [-0.1, -0.05) is 0 Å². The van der Waals surface area contributed by atoms with Gasteiger partial charge in [-0.15, -0.1) is 10.2 Å². The van der Waals surface area contributed by atoms with Crippen LogP contribution < -0.4 is 15.5 Å². The van der Waals surface area contributed by atoms with Gasteiger partial charge in [-0.3, -0.25) is 0 Å². The second kappa shape index (κ2) is 10.3. The molecule has 174 valence electrons. The number of hydrogen-bond donors (Lipinski definition) is 2. The minimum absolute atomic E-state index is 0.190. The Morgan fingerprint density at radius 2 is 2.12 bits per heavy atom. The summed E-state index contributed by atoms with van der Waals surface area (Å²) < 4.78 is 21.3. The normalized spacial score (nSPS) is 21.8. The van der Waals surface area contributed by atoms with E-state index in [0.717, 1.165) is 80.8 Å². The number of ether oxygens (including phenoxy) is 1. The average molecular weight is 444 g/mol. The van der Waals surface area contributed by atoms with Crippen molar-refractivity contribution >= 4 is 11.6 Å². The first-order valence-electron chi connectivity index (χ1n) is 11.5. The zero-order chi connectivity index (χ0) is 22.5. The van der Waals surface area contributed by atoms with Gasteiger partial charge in [-0.05, 0) is 63.3 Å². The van der Waals surface area contributed by atoms with Crippen LogP contribution in [0.1, 0.15) is 42.9 Å². The summed E-state index contributed by atoms with van der Waals surface area (Å²) in [6, 6.07) is 5.27. The monoisotopic (exact) mass is 443 g/mol. The van der Waals surface area contributed by atoms with E-state index in [1.807, 2.05) is 31.5 Å². The fourth-order valence-electron chi connectivity index (χ4n) is 4.39. The Hall–Kier alpha value is -2.68. The highest BCUT2D eigenvalue weighted by molar-refractivity contribution is 5.80. The summed E-state index contributed by atoms with van der Waals surface area (Å²) in [4.78, 5) is 7.13. The van der Waals surface area contributed by atoms with Crippen LogP contribution in [-0.2, 0) is 18.3 Å². The Morgan fingerprint density at radius 1 is 1.25 bits per heavy atom. The SMILES string of the molecule is Cc1cc(F)ccc1N1CCCC(NC(=NCc2nnc(C)n2C)NCC2CCCO2)C1. The number of aliphatic imine (C=N–C) groups is 1. The van der Waals surface area contributed by atoms with Crippen molar-refractivity contribution in [3.8, 4) is 0 Å². The van der Waals surface area contributed by atoms with E-state index >= 15 is 0 Å². The molecule has 0 radical (unpaired) electrons. The molecule has 2 aromatic rings. The molecule has 2 aliphatic rings. The Balaban J connectivity index is 1.43. The van der Waals surface area contributed by atoms with E-state index in [1.165, 1.54) is 6.07 Å². The van der Waals surface area contributed by atoms with Gasteiger partial charge in [0.2, 0.25) is 0 Å². The summed E-state index contributed by atoms with van der Waals surface area (Å²) in [5.41, 5.74) is 2.06. The molecule has 0 aliphatic carbocycles. The maximum atomic E-state index is 13.6. The highest BCUT2D eigenvalue weighted by atomic mass is 19.1. The zero-order valence-corrected chi connectivity index (χ0v) is 19.3. The number of piperidine rings is 1. The second-order valence-electron chi connectivity index (χ2n) is 8.76. The van der Waals surface area contributed by atoms with Crippen molar-refractivity contribution in [3.05, 3.63) is 41.2 Å². The molecule has 2 N–H and O–H groups in total. The van der Waals surface area contributed by atoms with Crippen LogP contribution in [0.25, 0.3) is 0 Å². The lowest BCUT2D eigenvalue weighted by molar-refractivity contribution is 0.113. The fraction of sp³-hybridized carbons (Fsp3) is 0.609. The van der Waals surface area contributed by atoms with Crippen LogP contribution in [0.15, 0.2) is 23.2 Å². The van der Waals surface area contributed by atoms with Gasteiger partial charge in [0.15, 0.2) is 11.8 Å². The number of nitrogens with zero attached hydrogens (tertiary/aromatic N) is 5. The number of benzene rings is 1. The third kappa shape index (κ3) is 5.56. The van der Waals surface area contributed by atoms with Crippen molar-refractivity contribution in [1.82, 2.24) is 25.4 Å². The van der Waals surface area contributed by atoms with Gasteiger partial charge in [-0.2, -0.15) is 0 Å². The van der Waals surface area contributed by atoms with Gasteiger partial charge in [0.05, 0.1) is 6.10 Å². The predicted molar refractivity (Wildman–Crippen MR) is 123 cm³/mol. The quantitative estimate of drug-likeness (QED) is 0.527. The largest absolute Gasteiger partial charge is 0.376 e. The lowest BCUT2D eigenvalue weighted by Crippen LogP contribution is -2.52. The Labute approximate surface area is 189 Å². The third-order valence-corrected chi connectivity index (χ3v) is 6.34. The topological polar surface area (TPSA) is 79.6 Å². The highest BCUT2D eigenvalue weighted by Gasteiger charge is 2.23. The number of guanidine groups is 1. The lowest BCUT2D eigenvalue weighted by Gasteiger charge is -2.36. The van der Waals surface area contributed by atoms with E-state index in [2.05, 4.69) is 25.7 Å². The van der Waals surface area contributed by atoms with Crippen LogP contribution >= 0.6 is 0 Å². The Morgan fingerprint density at radius 3 is 2.84 bits per heavy atom. The summed E-state index contributed by atoms with van der Waals surface area (Å²) in [6.45, 7) is 7.73. The van der Waals surface area contributed by atoms with E-state index in [4.69, 9.17) is 9.73 Å². The predicted octanol–water partition coefficient (Wildman–Crippen LogP) is 2.45. The van der Waals surface area contributed by atoms with Crippen LogP contribution in [0.3, 0.4) is 0 Å². The molecule has 0 spiro atoms. The molecular weight excluding hydrogens is 409 g/mol.